The molecule has 2 N–H and O–H groups in total. The van der Waals surface area contributed by atoms with Crippen molar-refractivity contribution in [3.8, 4) is 0 Å². The molecule has 2 rings (SSSR count). The number of nitrogens with one attached hydrogen (secondary N) is 1. The molecule has 0 fully saturated rings. The Balaban J connectivity index is 2.35. The van der Waals surface area contributed by atoms with Crippen molar-refractivity contribution in [1.82, 2.24) is 9.97 Å². The number of rotatable bonds is 4. The van der Waals surface area contributed by atoms with Crippen LogP contribution in [-0.2, 0) is 10.0 Å². The summed E-state index contributed by atoms with van der Waals surface area (Å²) in [7, 11) is -3.95. The van der Waals surface area contributed by atoms with Gasteiger partial charge in [-0.2, -0.15) is 0 Å². The van der Waals surface area contributed by atoms with E-state index in [2.05, 4.69) is 14.7 Å². The molecule has 0 radical (unpaired) electrons. The topological polar surface area (TPSA) is 109 Å². The van der Waals surface area contributed by atoms with Crippen molar-refractivity contribution in [2.24, 2.45) is 0 Å². The Labute approximate surface area is 119 Å². The number of aromatic carboxylic acids is 1. The number of anilines is 1. The smallest absolute Gasteiger partial charge is 0.335 e. The molecular formula is C11H8ClN3O4S. The number of carbonyl (C=O) groups is 1. The number of carboxylic acid groups (broad SMARTS) is 1. The van der Waals surface area contributed by atoms with Crippen LogP contribution in [0.15, 0.2) is 41.6 Å². The molecule has 1 aromatic carbocycles. The zero-order chi connectivity index (χ0) is 14.8. The Morgan fingerprint density at radius 1 is 1.25 bits per heavy atom. The minimum Gasteiger partial charge on any atom is -0.478 e. The summed E-state index contributed by atoms with van der Waals surface area (Å²) in [5.74, 6) is -1.22. The van der Waals surface area contributed by atoms with Crippen LogP contribution in [0.2, 0.25) is 5.15 Å². The molecule has 104 valence electrons. The van der Waals surface area contributed by atoms with E-state index in [1.807, 2.05) is 0 Å². The monoisotopic (exact) mass is 313 g/mol. The largest absolute Gasteiger partial charge is 0.478 e. The van der Waals surface area contributed by atoms with Gasteiger partial charge in [-0.15, -0.1) is 0 Å². The third-order valence-corrected chi connectivity index (χ3v) is 3.82. The van der Waals surface area contributed by atoms with Crippen LogP contribution in [0.25, 0.3) is 0 Å². The number of aromatic nitrogens is 2. The molecule has 0 amide bonds. The van der Waals surface area contributed by atoms with Crippen LogP contribution in [0.1, 0.15) is 10.4 Å². The van der Waals surface area contributed by atoms with Gasteiger partial charge in [0.15, 0.2) is 0 Å². The average Bonchev–Trinajstić information content (AvgIpc) is 2.38. The standard InChI is InChI=1S/C11H8ClN3O4S/c12-9-5-10(14-6-13-9)15-20(18,19)8-3-1-2-7(4-8)11(16)17/h1-6H,(H,16,17)(H,13,14,15). The maximum absolute atomic E-state index is 12.1. The van der Waals surface area contributed by atoms with Crippen LogP contribution in [0.4, 0.5) is 5.82 Å². The molecule has 0 saturated carbocycles. The van der Waals surface area contributed by atoms with Gasteiger partial charge < -0.3 is 5.11 Å². The van der Waals surface area contributed by atoms with E-state index >= 15 is 0 Å². The van der Waals surface area contributed by atoms with Crippen LogP contribution >= 0.6 is 11.6 Å². The second-order valence-corrected chi connectivity index (χ2v) is 5.73. The molecule has 9 heteroatoms. The Morgan fingerprint density at radius 2 is 2.00 bits per heavy atom. The highest BCUT2D eigenvalue weighted by Gasteiger charge is 2.17. The molecule has 7 nitrogen and oxygen atoms in total. The Kier molecular flexibility index (Phi) is 3.86. The first-order valence-electron chi connectivity index (χ1n) is 5.22. The highest BCUT2D eigenvalue weighted by molar-refractivity contribution is 7.92. The van der Waals surface area contributed by atoms with Crippen molar-refractivity contribution in [2.45, 2.75) is 4.90 Å². The lowest BCUT2D eigenvalue weighted by atomic mass is 10.2. The number of sulfonamides is 1. The molecule has 0 aliphatic rings. The van der Waals surface area contributed by atoms with Gasteiger partial charge in [0.1, 0.15) is 17.3 Å². The quantitative estimate of drug-likeness (QED) is 0.830. The molecule has 0 bridgehead atoms. The Bertz CT molecular complexity index is 764. The van der Waals surface area contributed by atoms with Crippen molar-refractivity contribution in [1.29, 1.82) is 0 Å². The van der Waals surface area contributed by atoms with E-state index in [9.17, 15) is 13.2 Å². The summed E-state index contributed by atoms with van der Waals surface area (Å²) in [5, 5.41) is 8.93. The van der Waals surface area contributed by atoms with Gasteiger partial charge in [-0.05, 0) is 18.2 Å². The first kappa shape index (κ1) is 14.2. The normalized spacial score (nSPS) is 11.1. The van der Waals surface area contributed by atoms with E-state index in [0.717, 1.165) is 12.4 Å². The minimum atomic E-state index is -3.95. The van der Waals surface area contributed by atoms with Crippen LogP contribution in [0, 0.1) is 0 Å². The van der Waals surface area contributed by atoms with Gasteiger partial charge in [-0.3, -0.25) is 4.72 Å². The lowest BCUT2D eigenvalue weighted by Crippen LogP contribution is -2.14. The van der Waals surface area contributed by atoms with Crippen LogP contribution in [0.5, 0.6) is 0 Å². The van der Waals surface area contributed by atoms with Crippen LogP contribution in [0.3, 0.4) is 0 Å². The van der Waals surface area contributed by atoms with Gasteiger partial charge in [0, 0.05) is 6.07 Å². The van der Waals surface area contributed by atoms with Gasteiger partial charge in [0.05, 0.1) is 10.5 Å². The number of nitrogens with zero attached hydrogens (tertiary/aromatic N) is 2. The maximum atomic E-state index is 12.1. The summed E-state index contributed by atoms with van der Waals surface area (Å²) < 4.78 is 26.3. The zero-order valence-electron chi connectivity index (χ0n) is 9.82. The van der Waals surface area contributed by atoms with Crippen molar-refractivity contribution in [3.05, 3.63) is 47.4 Å². The zero-order valence-corrected chi connectivity index (χ0v) is 11.4. The first-order chi connectivity index (χ1) is 9.38. The number of carboxylic acids is 1. The lowest BCUT2D eigenvalue weighted by molar-refractivity contribution is 0.0696. The molecule has 0 unspecified atom stereocenters. The maximum Gasteiger partial charge on any atom is 0.335 e. The van der Waals surface area contributed by atoms with E-state index in [-0.39, 0.29) is 21.4 Å². The van der Waals surface area contributed by atoms with Gasteiger partial charge >= 0.3 is 5.97 Å². The van der Waals surface area contributed by atoms with Gasteiger partial charge in [0.2, 0.25) is 0 Å². The van der Waals surface area contributed by atoms with Crippen LogP contribution < -0.4 is 4.72 Å². The molecule has 0 aliphatic carbocycles. The molecule has 1 heterocycles. The fraction of sp³-hybridized carbons (Fsp3) is 0. The highest BCUT2D eigenvalue weighted by Crippen LogP contribution is 2.17. The van der Waals surface area contributed by atoms with E-state index in [1.54, 1.807) is 0 Å². The van der Waals surface area contributed by atoms with Crippen LogP contribution in [-0.4, -0.2) is 29.5 Å². The van der Waals surface area contributed by atoms with Crippen molar-refractivity contribution in [2.75, 3.05) is 4.72 Å². The second-order valence-electron chi connectivity index (χ2n) is 3.66. The number of hydrogen-bond donors (Lipinski definition) is 2. The van der Waals surface area contributed by atoms with E-state index in [1.165, 1.54) is 24.3 Å². The summed E-state index contributed by atoms with van der Waals surface area (Å²) in [4.78, 5) is 18.0. The van der Waals surface area contributed by atoms with Crippen molar-refractivity contribution in [3.63, 3.8) is 0 Å². The molecule has 1 aromatic heterocycles. The van der Waals surface area contributed by atoms with Crippen molar-refractivity contribution < 1.29 is 18.3 Å². The summed E-state index contributed by atoms with van der Waals surface area (Å²) in [5.41, 5.74) is -0.131. The van der Waals surface area contributed by atoms with E-state index < -0.39 is 16.0 Å². The summed E-state index contributed by atoms with van der Waals surface area (Å²) in [6.07, 6.45) is 1.11. The van der Waals surface area contributed by atoms with Gasteiger partial charge in [0.25, 0.3) is 10.0 Å². The second kappa shape index (κ2) is 5.43. The summed E-state index contributed by atoms with van der Waals surface area (Å²) >= 11 is 5.62. The summed E-state index contributed by atoms with van der Waals surface area (Å²) in [6.45, 7) is 0. The van der Waals surface area contributed by atoms with Gasteiger partial charge in [-0.1, -0.05) is 17.7 Å². The molecule has 20 heavy (non-hydrogen) atoms. The Hall–Kier alpha value is -2.19. The summed E-state index contributed by atoms with van der Waals surface area (Å²) in [6, 6.07) is 6.19. The molecular weight excluding hydrogens is 306 g/mol. The molecule has 0 spiro atoms. The van der Waals surface area contributed by atoms with Gasteiger partial charge in [-0.25, -0.2) is 23.2 Å². The van der Waals surface area contributed by atoms with Crippen molar-refractivity contribution >= 4 is 33.4 Å². The highest BCUT2D eigenvalue weighted by atomic mass is 35.5. The molecule has 2 aromatic rings. The third kappa shape index (κ3) is 3.22. The molecule has 0 saturated heterocycles. The fourth-order valence-corrected chi connectivity index (χ4v) is 2.57. The SMILES string of the molecule is O=C(O)c1cccc(S(=O)(=O)Nc2cc(Cl)ncn2)c1. The predicted molar refractivity (Wildman–Crippen MR) is 71.3 cm³/mol. The van der Waals surface area contributed by atoms with E-state index in [0.29, 0.717) is 0 Å². The minimum absolute atomic E-state index is 0.00859. The lowest BCUT2D eigenvalue weighted by Gasteiger charge is -2.07. The first-order valence-corrected chi connectivity index (χ1v) is 7.08. The number of hydrogen-bond acceptors (Lipinski definition) is 5. The predicted octanol–water partition coefficient (Wildman–Crippen LogP) is 1.63. The third-order valence-electron chi connectivity index (χ3n) is 2.26. The van der Waals surface area contributed by atoms with E-state index in [4.69, 9.17) is 16.7 Å². The number of halogens is 1. The Morgan fingerprint density at radius 3 is 2.65 bits per heavy atom. The molecule has 0 atom stereocenters. The number of benzene rings is 1. The fourth-order valence-electron chi connectivity index (χ4n) is 1.38. The average molecular weight is 314 g/mol. The molecule has 0 aliphatic heterocycles.